The second kappa shape index (κ2) is 15.2. The number of carbonyl (C=O) groups is 3. The van der Waals surface area contributed by atoms with Gasteiger partial charge >= 0.3 is 5.97 Å². The topological polar surface area (TPSA) is 101 Å². The zero-order valence-corrected chi connectivity index (χ0v) is 27.5. The number of Topliss-reactive ketones (excluding diaryl/α,β-unsaturated/α-hetero) is 1. The molecule has 0 spiro atoms. The van der Waals surface area contributed by atoms with Gasteiger partial charge in [0, 0.05) is 18.3 Å². The number of rotatable bonds is 17. The third kappa shape index (κ3) is 7.48. The lowest BCUT2D eigenvalue weighted by molar-refractivity contribution is -0.184. The molecule has 6 heteroatoms. The number of allylic oxidation sites excluding steroid dienone is 1. The van der Waals surface area contributed by atoms with Crippen molar-refractivity contribution in [2.75, 3.05) is 6.61 Å². The normalized spacial score (nSPS) is 35.1. The van der Waals surface area contributed by atoms with E-state index < -0.39 is 29.5 Å². The Morgan fingerprint density at radius 2 is 1.49 bits per heavy atom. The highest BCUT2D eigenvalue weighted by Crippen LogP contribution is 2.67. The zero-order valence-electron chi connectivity index (χ0n) is 27.5. The summed E-state index contributed by atoms with van der Waals surface area (Å²) in [5, 5.41) is 23.4. The van der Waals surface area contributed by atoms with Crippen LogP contribution in [0.15, 0.2) is 11.6 Å². The molecule has 0 aromatic carbocycles. The highest BCUT2D eigenvalue weighted by Gasteiger charge is 2.68. The second-order valence-electron chi connectivity index (χ2n) is 15.1. The van der Waals surface area contributed by atoms with Crippen LogP contribution in [0.1, 0.15) is 156 Å². The van der Waals surface area contributed by atoms with Gasteiger partial charge in [-0.2, -0.15) is 0 Å². The van der Waals surface area contributed by atoms with E-state index in [0.29, 0.717) is 25.7 Å². The van der Waals surface area contributed by atoms with Crippen molar-refractivity contribution in [2.45, 2.75) is 167 Å². The van der Waals surface area contributed by atoms with Crippen molar-refractivity contribution in [1.29, 1.82) is 0 Å². The molecule has 0 saturated heterocycles. The Morgan fingerprint density at radius 1 is 0.884 bits per heavy atom. The third-order valence-corrected chi connectivity index (χ3v) is 12.4. The Balaban J connectivity index is 1.17. The van der Waals surface area contributed by atoms with Gasteiger partial charge in [0.05, 0.1) is 6.10 Å². The molecule has 0 aromatic heterocycles. The third-order valence-electron chi connectivity index (χ3n) is 12.4. The first-order valence-corrected chi connectivity index (χ1v) is 17.9. The van der Waals surface area contributed by atoms with Gasteiger partial charge in [-0.15, -0.1) is 0 Å². The first-order chi connectivity index (χ1) is 20.6. The van der Waals surface area contributed by atoms with Crippen LogP contribution in [0.3, 0.4) is 0 Å². The molecule has 4 aliphatic carbocycles. The van der Waals surface area contributed by atoms with Crippen LogP contribution in [0.25, 0.3) is 0 Å². The fourth-order valence-corrected chi connectivity index (χ4v) is 9.77. The largest absolute Gasteiger partial charge is 0.458 e. The van der Waals surface area contributed by atoms with E-state index in [1.165, 1.54) is 69.8 Å². The molecule has 0 radical (unpaired) electrons. The molecule has 3 saturated carbocycles. The number of aliphatic hydroxyl groups is 2. The minimum atomic E-state index is -1.60. The Bertz CT molecular complexity index is 1000. The number of carbonyl (C=O) groups excluding carboxylic acids is 3. The van der Waals surface area contributed by atoms with E-state index in [2.05, 4.69) is 13.8 Å². The van der Waals surface area contributed by atoms with Crippen molar-refractivity contribution >= 4 is 17.5 Å². The van der Waals surface area contributed by atoms with Crippen LogP contribution in [-0.2, 0) is 19.1 Å². The molecule has 6 nitrogen and oxygen atoms in total. The number of unbranched alkanes of at least 4 members (excludes halogenated alkanes) is 12. The number of aliphatic hydroxyl groups excluding tert-OH is 1. The standard InChI is InChI=1S/C37H60O6/c1-4-5-6-7-8-9-10-11-12-13-14-15-16-17-33(41)43-26-32(40)37(42)23-21-30-29-19-18-27-24-28(38)20-22-35(27,2)34(29)31(39)25-36(30,37)3/h24,29-31,34,39,42H,4-23,25-26H2,1-3H3/t29-,30-,31+,34+,35-,36-,37-/m0/s1. The predicted octanol–water partition coefficient (Wildman–Crippen LogP) is 7.81. The molecule has 4 rings (SSSR count). The summed E-state index contributed by atoms with van der Waals surface area (Å²) in [5.41, 5.74) is -1.38. The molecule has 0 aliphatic heterocycles. The van der Waals surface area contributed by atoms with Crippen LogP contribution < -0.4 is 0 Å². The summed E-state index contributed by atoms with van der Waals surface area (Å²) >= 11 is 0. The van der Waals surface area contributed by atoms with Crippen molar-refractivity contribution in [3.05, 3.63) is 11.6 Å². The molecule has 0 heterocycles. The summed E-state index contributed by atoms with van der Waals surface area (Å²) in [4.78, 5) is 38.0. The van der Waals surface area contributed by atoms with E-state index in [9.17, 15) is 24.6 Å². The highest BCUT2D eigenvalue weighted by atomic mass is 16.5. The van der Waals surface area contributed by atoms with Crippen LogP contribution >= 0.6 is 0 Å². The lowest BCUT2D eigenvalue weighted by Crippen LogP contribution is -2.62. The molecule has 7 atom stereocenters. The van der Waals surface area contributed by atoms with Gasteiger partial charge in [0.25, 0.3) is 0 Å². The smallest absolute Gasteiger partial charge is 0.306 e. The van der Waals surface area contributed by atoms with Gasteiger partial charge in [0.2, 0.25) is 5.78 Å². The zero-order chi connectivity index (χ0) is 31.1. The number of hydrogen-bond donors (Lipinski definition) is 2. The maximum atomic E-state index is 13.5. The minimum Gasteiger partial charge on any atom is -0.458 e. The van der Waals surface area contributed by atoms with Gasteiger partial charge in [0.1, 0.15) is 5.60 Å². The van der Waals surface area contributed by atoms with Crippen LogP contribution in [0.5, 0.6) is 0 Å². The molecule has 0 aromatic rings. The monoisotopic (exact) mass is 600 g/mol. The van der Waals surface area contributed by atoms with E-state index in [0.717, 1.165) is 44.9 Å². The summed E-state index contributed by atoms with van der Waals surface area (Å²) < 4.78 is 5.39. The lowest BCUT2D eigenvalue weighted by atomic mass is 9.45. The van der Waals surface area contributed by atoms with Gasteiger partial charge in [-0.25, -0.2) is 0 Å². The van der Waals surface area contributed by atoms with Gasteiger partial charge in [-0.05, 0) is 74.2 Å². The molecular weight excluding hydrogens is 540 g/mol. The Kier molecular flexibility index (Phi) is 12.1. The van der Waals surface area contributed by atoms with Crippen LogP contribution in [0.2, 0.25) is 0 Å². The average molecular weight is 601 g/mol. The first kappa shape index (κ1) is 34.3. The van der Waals surface area contributed by atoms with Crippen LogP contribution in [0.4, 0.5) is 0 Å². The van der Waals surface area contributed by atoms with Crippen LogP contribution in [0, 0.1) is 28.6 Å². The first-order valence-electron chi connectivity index (χ1n) is 17.9. The number of ketones is 2. The lowest BCUT2D eigenvalue weighted by Gasteiger charge is -2.60. The van der Waals surface area contributed by atoms with Crippen molar-refractivity contribution in [1.82, 2.24) is 0 Å². The maximum Gasteiger partial charge on any atom is 0.306 e. The molecule has 0 bridgehead atoms. The van der Waals surface area contributed by atoms with E-state index in [1.54, 1.807) is 0 Å². The number of ether oxygens (including phenoxy) is 1. The van der Waals surface area contributed by atoms with Gasteiger partial charge in [0.15, 0.2) is 12.4 Å². The fourth-order valence-electron chi connectivity index (χ4n) is 9.77. The fraction of sp³-hybridized carbons (Fsp3) is 0.865. The van der Waals surface area contributed by atoms with Crippen LogP contribution in [-0.4, -0.2) is 46.1 Å². The van der Waals surface area contributed by atoms with Gasteiger partial charge in [-0.3, -0.25) is 14.4 Å². The quantitative estimate of drug-likeness (QED) is 0.130. The highest BCUT2D eigenvalue weighted by molar-refractivity contribution is 5.92. The molecule has 2 N–H and O–H groups in total. The number of hydrogen-bond acceptors (Lipinski definition) is 6. The Labute approximate surface area is 260 Å². The summed E-state index contributed by atoms with van der Waals surface area (Å²) in [5.74, 6) is -0.251. The Morgan fingerprint density at radius 3 is 2.12 bits per heavy atom. The molecule has 0 amide bonds. The van der Waals surface area contributed by atoms with E-state index in [-0.39, 0.29) is 34.9 Å². The predicted molar refractivity (Wildman–Crippen MR) is 169 cm³/mol. The summed E-state index contributed by atoms with van der Waals surface area (Å²) in [6.07, 6.45) is 22.0. The molecule has 244 valence electrons. The maximum absolute atomic E-state index is 13.5. The number of fused-ring (bicyclic) bond motifs is 5. The van der Waals surface area contributed by atoms with E-state index in [4.69, 9.17) is 4.74 Å². The van der Waals surface area contributed by atoms with Gasteiger partial charge in [-0.1, -0.05) is 103 Å². The molecule has 43 heavy (non-hydrogen) atoms. The molecule has 0 unspecified atom stereocenters. The van der Waals surface area contributed by atoms with Crippen molar-refractivity contribution in [3.8, 4) is 0 Å². The average Bonchev–Trinajstić information content (AvgIpc) is 3.25. The molecule has 3 fully saturated rings. The summed E-state index contributed by atoms with van der Waals surface area (Å²) in [6.45, 7) is 6.03. The van der Waals surface area contributed by atoms with E-state index >= 15 is 0 Å². The Hall–Kier alpha value is -1.53. The number of esters is 1. The summed E-state index contributed by atoms with van der Waals surface area (Å²) in [7, 11) is 0. The molecular formula is C37H60O6. The van der Waals surface area contributed by atoms with E-state index in [1.807, 2.05) is 13.0 Å². The van der Waals surface area contributed by atoms with Crippen molar-refractivity contribution in [3.63, 3.8) is 0 Å². The van der Waals surface area contributed by atoms with Gasteiger partial charge < -0.3 is 14.9 Å². The SMILES string of the molecule is CCCCCCCCCCCCCCCC(=O)OCC(=O)[C@@]1(O)CC[C@H]2[C@@H]3CCC4=CC(=O)CC[C@]4(C)[C@H]3[C@H](O)C[C@@]21C. The minimum absolute atomic E-state index is 0.0364. The summed E-state index contributed by atoms with van der Waals surface area (Å²) in [6, 6.07) is 0. The van der Waals surface area contributed by atoms with Crippen molar-refractivity contribution in [2.24, 2.45) is 28.6 Å². The molecule has 4 aliphatic rings. The second-order valence-corrected chi connectivity index (χ2v) is 15.1. The van der Waals surface area contributed by atoms with Crippen molar-refractivity contribution < 1.29 is 29.3 Å².